The van der Waals surface area contributed by atoms with Gasteiger partial charge in [0.1, 0.15) is 12.3 Å². The Kier molecular flexibility index (Phi) is 12.6. The molecule has 2 bridgehead atoms. The number of allylic oxidation sites excluding steroid dienone is 1. The number of rotatable bonds is 7. The molecule has 6 unspecified atom stereocenters. The van der Waals surface area contributed by atoms with Crippen LogP contribution < -0.4 is 41.7 Å². The summed E-state index contributed by atoms with van der Waals surface area (Å²) >= 11 is 0. The summed E-state index contributed by atoms with van der Waals surface area (Å²) in [6.07, 6.45) is 19.3. The first-order valence-corrected chi connectivity index (χ1v) is 24.3. The Morgan fingerprint density at radius 1 is 0.831 bits per heavy atom. The van der Waals surface area contributed by atoms with Gasteiger partial charge in [0, 0.05) is 75.7 Å². The molecule has 1 aliphatic carbocycles. The molecule has 1 spiro atoms. The fourth-order valence-corrected chi connectivity index (χ4v) is 12.0. The van der Waals surface area contributed by atoms with Crippen molar-refractivity contribution < 1.29 is 24.3 Å². The zero-order valence-corrected chi connectivity index (χ0v) is 37.7. The molecule has 2 aromatic rings. The van der Waals surface area contributed by atoms with Gasteiger partial charge in [-0.3, -0.25) is 50.4 Å². The molecule has 6 saturated heterocycles. The molecule has 4 amide bonds. The van der Waals surface area contributed by atoms with Crippen molar-refractivity contribution in [2.24, 2.45) is 11.3 Å². The number of hydrogen-bond donors (Lipinski definition) is 7. The van der Waals surface area contributed by atoms with Crippen molar-refractivity contribution in [1.82, 2.24) is 51.5 Å². The van der Waals surface area contributed by atoms with Crippen molar-refractivity contribution in [2.75, 3.05) is 67.5 Å². The number of fused-ring (bicyclic) bond motifs is 6. The third-order valence-corrected chi connectivity index (χ3v) is 16.1. The van der Waals surface area contributed by atoms with E-state index in [9.17, 15) is 24.3 Å². The number of hydrazine groups is 1. The van der Waals surface area contributed by atoms with Crippen LogP contribution in [0.2, 0.25) is 0 Å². The van der Waals surface area contributed by atoms with Crippen molar-refractivity contribution >= 4 is 40.7 Å². The van der Waals surface area contributed by atoms with E-state index in [-0.39, 0.29) is 61.1 Å². The Morgan fingerprint density at radius 3 is 2.31 bits per heavy atom. The highest BCUT2D eigenvalue weighted by Crippen LogP contribution is 2.46. The summed E-state index contributed by atoms with van der Waals surface area (Å²) in [6, 6.07) is 8.63. The fraction of sp³-hybridized carbons (Fsp3) is 0.660. The average molecular weight is 894 g/mol. The molecule has 350 valence electrons. The van der Waals surface area contributed by atoms with Gasteiger partial charge in [-0.1, -0.05) is 12.2 Å². The molecule has 7 N–H and O–H groups in total. The molecule has 7 fully saturated rings. The SMILES string of the molecule is C[C@@]1(O)CC/C=C\CN2C(=O)C3CNC(Nc4ccc(N5CCN(C6CCC7(CC6)CCN(c6cnc(C(=O)NC8CCC(=O)NC8=O)nc6)CC7)CC5)cc4)NC3N2C2CCCC1N2. The highest BCUT2D eigenvalue weighted by Gasteiger charge is 2.53. The van der Waals surface area contributed by atoms with Crippen molar-refractivity contribution in [2.45, 2.75) is 133 Å². The van der Waals surface area contributed by atoms with Gasteiger partial charge >= 0.3 is 0 Å². The van der Waals surface area contributed by atoms with Crippen LogP contribution in [-0.2, 0) is 14.4 Å². The molecule has 18 heteroatoms. The first-order valence-electron chi connectivity index (χ1n) is 24.3. The van der Waals surface area contributed by atoms with Gasteiger partial charge in [-0.15, -0.1) is 0 Å². The van der Waals surface area contributed by atoms with Gasteiger partial charge in [-0.2, -0.15) is 5.01 Å². The predicted octanol–water partition coefficient (Wildman–Crippen LogP) is 1.82. The van der Waals surface area contributed by atoms with E-state index in [1.807, 2.05) is 11.9 Å². The van der Waals surface area contributed by atoms with E-state index < -0.39 is 23.5 Å². The quantitative estimate of drug-likeness (QED) is 0.157. The largest absolute Gasteiger partial charge is 0.389 e. The second-order valence-electron chi connectivity index (χ2n) is 20.1. The summed E-state index contributed by atoms with van der Waals surface area (Å²) in [6.45, 7) is 9.11. The van der Waals surface area contributed by atoms with E-state index in [0.717, 1.165) is 89.2 Å². The topological polar surface area (TPSA) is 203 Å². The maximum absolute atomic E-state index is 13.8. The molecule has 65 heavy (non-hydrogen) atoms. The maximum atomic E-state index is 13.8. The Labute approximate surface area is 381 Å². The summed E-state index contributed by atoms with van der Waals surface area (Å²) in [5, 5.41) is 35.1. The van der Waals surface area contributed by atoms with E-state index >= 15 is 0 Å². The number of hydrogen-bond acceptors (Lipinski definition) is 15. The van der Waals surface area contributed by atoms with Crippen LogP contribution in [0.5, 0.6) is 0 Å². The minimum atomic E-state index is -0.807. The fourth-order valence-electron chi connectivity index (χ4n) is 12.0. The number of nitrogens with zero attached hydrogens (tertiary/aromatic N) is 7. The zero-order chi connectivity index (χ0) is 44.7. The lowest BCUT2D eigenvalue weighted by atomic mass is 9.66. The van der Waals surface area contributed by atoms with Crippen molar-refractivity contribution in [3.05, 3.63) is 54.6 Å². The first kappa shape index (κ1) is 44.1. The molecular weight excluding hydrogens is 827 g/mol. The molecule has 18 nitrogen and oxygen atoms in total. The van der Waals surface area contributed by atoms with Gasteiger partial charge in [0.15, 0.2) is 0 Å². The summed E-state index contributed by atoms with van der Waals surface area (Å²) in [5.74, 6) is -1.38. The van der Waals surface area contributed by atoms with Crippen LogP contribution in [0.4, 0.5) is 17.1 Å². The number of carbonyl (C=O) groups excluding carboxylic acids is 4. The summed E-state index contributed by atoms with van der Waals surface area (Å²) < 4.78 is 0. The number of aliphatic hydroxyl groups is 1. The van der Waals surface area contributed by atoms with Crippen LogP contribution in [-0.4, -0.2) is 148 Å². The Balaban J connectivity index is 0.667. The number of benzene rings is 1. The second-order valence-corrected chi connectivity index (χ2v) is 20.1. The average Bonchev–Trinajstić information content (AvgIpc) is 3.59. The van der Waals surface area contributed by atoms with Crippen molar-refractivity contribution in [3.8, 4) is 0 Å². The second kappa shape index (κ2) is 18.5. The number of imide groups is 1. The van der Waals surface area contributed by atoms with Gasteiger partial charge in [0.2, 0.25) is 23.5 Å². The van der Waals surface area contributed by atoms with Crippen LogP contribution >= 0.6 is 0 Å². The summed E-state index contributed by atoms with van der Waals surface area (Å²) in [4.78, 5) is 66.2. The minimum Gasteiger partial charge on any atom is -0.389 e. The Morgan fingerprint density at radius 2 is 1.57 bits per heavy atom. The molecule has 0 radical (unpaired) electrons. The van der Waals surface area contributed by atoms with Crippen LogP contribution in [0.15, 0.2) is 48.8 Å². The van der Waals surface area contributed by atoms with E-state index in [2.05, 4.69) is 98.0 Å². The Bertz CT molecular complexity index is 2080. The number of anilines is 3. The lowest BCUT2D eigenvalue weighted by molar-refractivity contribution is -0.146. The first-order chi connectivity index (χ1) is 31.5. The maximum Gasteiger partial charge on any atom is 0.289 e. The van der Waals surface area contributed by atoms with E-state index in [0.29, 0.717) is 31.0 Å². The minimum absolute atomic E-state index is 0.0161. The van der Waals surface area contributed by atoms with Crippen molar-refractivity contribution in [1.29, 1.82) is 0 Å². The van der Waals surface area contributed by atoms with Crippen LogP contribution in [0, 0.1) is 11.3 Å². The third-order valence-electron chi connectivity index (χ3n) is 16.1. The molecule has 7 atom stereocenters. The predicted molar refractivity (Wildman–Crippen MR) is 245 cm³/mol. The highest BCUT2D eigenvalue weighted by atomic mass is 16.3. The normalized spacial score (nSPS) is 33.1. The number of piperazine rings is 1. The highest BCUT2D eigenvalue weighted by molar-refractivity contribution is 6.03. The number of carbonyl (C=O) groups is 4. The smallest absolute Gasteiger partial charge is 0.289 e. The van der Waals surface area contributed by atoms with Gasteiger partial charge in [-0.25, -0.2) is 9.97 Å². The van der Waals surface area contributed by atoms with Crippen LogP contribution in [0.1, 0.15) is 101 Å². The number of piperidine rings is 3. The lowest BCUT2D eigenvalue weighted by Crippen LogP contribution is -2.69. The van der Waals surface area contributed by atoms with E-state index in [4.69, 9.17) is 0 Å². The number of amides is 4. The van der Waals surface area contributed by atoms with Gasteiger partial charge < -0.3 is 25.5 Å². The zero-order valence-electron chi connectivity index (χ0n) is 37.7. The van der Waals surface area contributed by atoms with Gasteiger partial charge in [0.05, 0.1) is 48.5 Å². The lowest BCUT2D eigenvalue weighted by Gasteiger charge is -2.49. The molecule has 1 aromatic heterocycles. The molecule has 8 heterocycles. The van der Waals surface area contributed by atoms with Crippen LogP contribution in [0.25, 0.3) is 0 Å². The molecule has 10 rings (SSSR count). The Hall–Kier alpha value is -4.72. The summed E-state index contributed by atoms with van der Waals surface area (Å²) in [7, 11) is 0. The number of nitrogens with one attached hydrogen (secondary N) is 6. The van der Waals surface area contributed by atoms with Gasteiger partial charge in [0.25, 0.3) is 5.91 Å². The monoisotopic (exact) mass is 894 g/mol. The number of aromatic nitrogens is 2. The molecule has 1 saturated carbocycles. The molecular formula is C47H67N13O5. The molecule has 7 aliphatic heterocycles. The molecule has 1 aromatic carbocycles. The van der Waals surface area contributed by atoms with E-state index in [1.165, 1.54) is 31.4 Å². The standard InChI is InChI=1S/C47H67N13O5/c1-46(65)16-3-2-4-21-59-44(64)35-30-50-45(55-41(35)60(59)38-7-5-6-37(46)53-38)51-31-8-10-32(11-9-31)57-24-26-58(27-25-57)33-14-17-47(18-15-33)19-22-56(23-20-47)34-28-48-40(49-29-34)43(63)52-36-12-13-39(61)54-42(36)62/h2,4,8-11,28-29,33,35-38,41,45,50-51,53,55,65H,3,5-7,12-27,30H2,1H3,(H,52,63)(H,54,61,62)/b4-2-/t35?,36?,37?,38?,41?,45?,46-/m1/s1. The third kappa shape index (κ3) is 9.34. The van der Waals surface area contributed by atoms with Crippen LogP contribution in [0.3, 0.4) is 0 Å². The molecule has 8 aliphatic rings. The van der Waals surface area contributed by atoms with Gasteiger partial charge in [-0.05, 0) is 114 Å². The van der Waals surface area contributed by atoms with E-state index in [1.54, 1.807) is 12.4 Å². The van der Waals surface area contributed by atoms with Crippen molar-refractivity contribution in [3.63, 3.8) is 0 Å². The summed E-state index contributed by atoms with van der Waals surface area (Å²) in [5.41, 5.74) is 2.74.